The summed E-state index contributed by atoms with van der Waals surface area (Å²) in [4.78, 5) is 12.2. The highest BCUT2D eigenvalue weighted by Gasteiger charge is 2.58. The molecule has 4 heteroatoms. The number of carbonyl (C=O) groups excluding carboxylic acids is 1. The Balaban J connectivity index is 1.52. The van der Waals surface area contributed by atoms with Gasteiger partial charge in [0.1, 0.15) is 5.82 Å². The molecule has 1 saturated carbocycles. The number of ether oxygens (including phenoxy) is 1. The molecule has 1 N–H and O–H groups in total. The van der Waals surface area contributed by atoms with Crippen molar-refractivity contribution >= 4 is 5.91 Å². The maximum atomic E-state index is 12.9. The third kappa shape index (κ3) is 2.89. The molecule has 0 spiro atoms. The Kier molecular flexibility index (Phi) is 4.22. The lowest BCUT2D eigenvalue weighted by atomic mass is 9.55. The zero-order valence-electron chi connectivity index (χ0n) is 13.3. The van der Waals surface area contributed by atoms with Gasteiger partial charge >= 0.3 is 0 Å². The zero-order valence-corrected chi connectivity index (χ0v) is 13.3. The first kappa shape index (κ1) is 15.5. The van der Waals surface area contributed by atoms with Crippen molar-refractivity contribution in [1.82, 2.24) is 5.32 Å². The Hall–Kier alpha value is -1.42. The lowest BCUT2D eigenvalue weighted by molar-refractivity contribution is -0.193. The van der Waals surface area contributed by atoms with E-state index in [9.17, 15) is 9.18 Å². The van der Waals surface area contributed by atoms with E-state index in [1.807, 2.05) is 0 Å². The first-order chi connectivity index (χ1) is 10.5. The summed E-state index contributed by atoms with van der Waals surface area (Å²) in [6, 6.07) is 6.55. The number of halogens is 1. The number of fused-ring (bicyclic) bond motifs is 1. The Labute approximate surface area is 131 Å². The summed E-state index contributed by atoms with van der Waals surface area (Å²) in [5.41, 5.74) is 1.000. The fourth-order valence-corrected chi connectivity index (χ4v) is 3.97. The van der Waals surface area contributed by atoms with Crippen LogP contribution in [0.5, 0.6) is 0 Å². The fraction of sp³-hybridized carbons (Fsp3) is 0.611. The average molecular weight is 305 g/mol. The Morgan fingerprint density at radius 3 is 2.82 bits per heavy atom. The highest BCUT2D eigenvalue weighted by molar-refractivity contribution is 5.76. The van der Waals surface area contributed by atoms with Crippen LogP contribution in [-0.2, 0) is 16.0 Å². The normalized spacial score (nSPS) is 29.3. The molecule has 3 atom stereocenters. The second-order valence-corrected chi connectivity index (χ2v) is 7.09. The molecule has 3 nitrogen and oxygen atoms in total. The van der Waals surface area contributed by atoms with Gasteiger partial charge in [-0.25, -0.2) is 4.39 Å². The molecule has 1 aromatic carbocycles. The summed E-state index contributed by atoms with van der Waals surface area (Å²) in [5.74, 6) is 0.290. The van der Waals surface area contributed by atoms with Crippen molar-refractivity contribution in [3.05, 3.63) is 35.6 Å². The number of benzene rings is 1. The van der Waals surface area contributed by atoms with Crippen LogP contribution in [0.3, 0.4) is 0 Å². The van der Waals surface area contributed by atoms with Crippen LogP contribution in [0.25, 0.3) is 0 Å². The number of rotatable bonds is 4. The van der Waals surface area contributed by atoms with Gasteiger partial charge in [-0.15, -0.1) is 0 Å². The van der Waals surface area contributed by atoms with Crippen molar-refractivity contribution in [2.75, 3.05) is 6.61 Å². The number of carbonyl (C=O) groups is 1. The molecule has 3 unspecified atom stereocenters. The maximum absolute atomic E-state index is 12.9. The molecule has 3 rings (SSSR count). The van der Waals surface area contributed by atoms with E-state index in [1.165, 1.54) is 12.1 Å². The van der Waals surface area contributed by atoms with E-state index >= 15 is 0 Å². The third-order valence-corrected chi connectivity index (χ3v) is 5.20. The van der Waals surface area contributed by atoms with Gasteiger partial charge in [-0.1, -0.05) is 26.0 Å². The number of amides is 1. The molecular weight excluding hydrogens is 281 g/mol. The molecule has 0 radical (unpaired) electrons. The van der Waals surface area contributed by atoms with Gasteiger partial charge in [0, 0.05) is 30.4 Å². The number of nitrogens with one attached hydrogen (secondary N) is 1. The van der Waals surface area contributed by atoms with Crippen LogP contribution >= 0.6 is 0 Å². The molecule has 2 aliphatic rings. The minimum Gasteiger partial charge on any atom is -0.377 e. The molecule has 1 saturated heterocycles. The van der Waals surface area contributed by atoms with Gasteiger partial charge in [-0.2, -0.15) is 0 Å². The lowest BCUT2D eigenvalue weighted by Crippen LogP contribution is -2.70. The molecule has 120 valence electrons. The van der Waals surface area contributed by atoms with E-state index in [4.69, 9.17) is 4.74 Å². The smallest absolute Gasteiger partial charge is 0.220 e. The molecule has 1 aromatic rings. The van der Waals surface area contributed by atoms with Crippen molar-refractivity contribution in [1.29, 1.82) is 0 Å². The first-order valence-electron chi connectivity index (χ1n) is 8.14. The molecular formula is C18H24FNO2. The predicted octanol–water partition coefficient (Wildman–Crippen LogP) is 3.08. The van der Waals surface area contributed by atoms with Gasteiger partial charge < -0.3 is 10.1 Å². The van der Waals surface area contributed by atoms with Gasteiger partial charge in [0.25, 0.3) is 0 Å². The topological polar surface area (TPSA) is 38.3 Å². The zero-order chi connectivity index (χ0) is 15.7. The minimum absolute atomic E-state index is 0.0105. The monoisotopic (exact) mass is 305 g/mol. The van der Waals surface area contributed by atoms with E-state index in [0.29, 0.717) is 18.8 Å². The van der Waals surface area contributed by atoms with Gasteiger partial charge in [0.2, 0.25) is 5.91 Å². The Bertz CT molecular complexity index is 541. The van der Waals surface area contributed by atoms with E-state index in [-0.39, 0.29) is 29.3 Å². The van der Waals surface area contributed by atoms with Crippen LogP contribution in [0.4, 0.5) is 4.39 Å². The van der Waals surface area contributed by atoms with Crippen molar-refractivity contribution in [3.8, 4) is 0 Å². The van der Waals surface area contributed by atoms with Crippen molar-refractivity contribution in [3.63, 3.8) is 0 Å². The number of hydrogen-bond acceptors (Lipinski definition) is 2. The van der Waals surface area contributed by atoms with Crippen molar-refractivity contribution in [2.24, 2.45) is 11.3 Å². The molecule has 0 bridgehead atoms. The highest BCUT2D eigenvalue weighted by Crippen LogP contribution is 2.51. The van der Waals surface area contributed by atoms with E-state index in [2.05, 4.69) is 19.2 Å². The molecule has 1 amide bonds. The summed E-state index contributed by atoms with van der Waals surface area (Å²) < 4.78 is 18.7. The second-order valence-electron chi connectivity index (χ2n) is 7.09. The van der Waals surface area contributed by atoms with E-state index in [0.717, 1.165) is 25.0 Å². The highest BCUT2D eigenvalue weighted by atomic mass is 19.1. The lowest BCUT2D eigenvalue weighted by Gasteiger charge is -2.59. The minimum atomic E-state index is -0.243. The predicted molar refractivity (Wildman–Crippen MR) is 82.9 cm³/mol. The van der Waals surface area contributed by atoms with Crippen LogP contribution in [0.2, 0.25) is 0 Å². The third-order valence-electron chi connectivity index (χ3n) is 5.20. The number of aryl methyl sites for hydroxylation is 1. The van der Waals surface area contributed by atoms with E-state index < -0.39 is 0 Å². The van der Waals surface area contributed by atoms with Crippen LogP contribution in [0, 0.1) is 17.2 Å². The Morgan fingerprint density at radius 2 is 2.09 bits per heavy atom. The van der Waals surface area contributed by atoms with Crippen LogP contribution in [0.15, 0.2) is 24.3 Å². The second kappa shape index (κ2) is 5.99. The van der Waals surface area contributed by atoms with E-state index in [1.54, 1.807) is 12.1 Å². The summed E-state index contributed by atoms with van der Waals surface area (Å²) in [5, 5.41) is 3.19. The number of hydrogen-bond donors (Lipinski definition) is 1. The Morgan fingerprint density at radius 1 is 1.36 bits per heavy atom. The molecule has 1 aliphatic heterocycles. The molecule has 1 aliphatic carbocycles. The molecule has 0 aromatic heterocycles. The molecule has 1 heterocycles. The first-order valence-corrected chi connectivity index (χ1v) is 8.14. The molecule has 2 fully saturated rings. The summed E-state index contributed by atoms with van der Waals surface area (Å²) in [6.45, 7) is 5.19. The molecule has 22 heavy (non-hydrogen) atoms. The van der Waals surface area contributed by atoms with Crippen LogP contribution in [-0.4, -0.2) is 24.7 Å². The SMILES string of the molecule is CC1(C)C(NC(=O)CCc2ccc(F)cc2)C2CCCOC21. The quantitative estimate of drug-likeness (QED) is 0.928. The van der Waals surface area contributed by atoms with Gasteiger partial charge in [0.05, 0.1) is 6.10 Å². The summed E-state index contributed by atoms with van der Waals surface area (Å²) in [6.07, 6.45) is 3.58. The van der Waals surface area contributed by atoms with Gasteiger partial charge in [-0.05, 0) is 37.0 Å². The summed E-state index contributed by atoms with van der Waals surface area (Å²) >= 11 is 0. The van der Waals surface area contributed by atoms with Crippen molar-refractivity contribution < 1.29 is 13.9 Å². The summed E-state index contributed by atoms with van der Waals surface area (Å²) in [7, 11) is 0. The maximum Gasteiger partial charge on any atom is 0.220 e. The standard InChI is InChI=1S/C18H24FNO2/c1-18(2)16(14-4-3-11-22-17(14)18)20-15(21)10-7-12-5-8-13(19)9-6-12/h5-6,8-9,14,16-17H,3-4,7,10-11H2,1-2H3,(H,20,21). The average Bonchev–Trinajstić information content (AvgIpc) is 2.52. The van der Waals surface area contributed by atoms with Gasteiger partial charge in [-0.3, -0.25) is 4.79 Å². The van der Waals surface area contributed by atoms with Crippen LogP contribution < -0.4 is 5.32 Å². The largest absolute Gasteiger partial charge is 0.377 e. The van der Waals surface area contributed by atoms with Crippen LogP contribution in [0.1, 0.15) is 38.7 Å². The van der Waals surface area contributed by atoms with Gasteiger partial charge in [0.15, 0.2) is 0 Å². The van der Waals surface area contributed by atoms with Crippen molar-refractivity contribution in [2.45, 2.75) is 51.7 Å². The fourth-order valence-electron chi connectivity index (χ4n) is 3.97.